The first-order chi connectivity index (χ1) is 15.7. The minimum absolute atomic E-state index is 0.0219. The molecule has 4 aromatic rings. The van der Waals surface area contributed by atoms with Gasteiger partial charge in [-0.1, -0.05) is 17.3 Å². The molecule has 162 valence electrons. The van der Waals surface area contributed by atoms with E-state index in [0.29, 0.717) is 49.3 Å². The summed E-state index contributed by atoms with van der Waals surface area (Å²) in [5.41, 5.74) is 1.81. The lowest BCUT2D eigenvalue weighted by molar-refractivity contribution is -0.132. The molecular weight excluding hydrogens is 413 g/mol. The number of imidazole rings is 1. The summed E-state index contributed by atoms with van der Waals surface area (Å²) in [4.78, 5) is 29.2. The van der Waals surface area contributed by atoms with Crippen molar-refractivity contribution in [1.82, 2.24) is 29.6 Å². The van der Waals surface area contributed by atoms with Crippen LogP contribution in [0.2, 0.25) is 0 Å². The SMILES string of the molecule is O=C(Cn1cnc(-c2noc(-c3cccnc3)n2)c1)N1CCN(c2ccccc2F)CC1. The van der Waals surface area contributed by atoms with Crippen LogP contribution in [-0.2, 0) is 11.3 Å². The molecule has 10 heteroatoms. The Kier molecular flexibility index (Phi) is 5.32. The molecule has 1 aromatic carbocycles. The lowest BCUT2D eigenvalue weighted by Gasteiger charge is -2.36. The van der Waals surface area contributed by atoms with E-state index in [0.717, 1.165) is 5.56 Å². The largest absolute Gasteiger partial charge is 0.366 e. The van der Waals surface area contributed by atoms with Crippen molar-refractivity contribution in [3.63, 3.8) is 0 Å². The Bertz CT molecular complexity index is 1220. The van der Waals surface area contributed by atoms with Crippen LogP contribution < -0.4 is 4.90 Å². The number of hydrogen-bond acceptors (Lipinski definition) is 7. The summed E-state index contributed by atoms with van der Waals surface area (Å²) in [5.74, 6) is 0.428. The van der Waals surface area contributed by atoms with Gasteiger partial charge in [-0.15, -0.1) is 0 Å². The number of anilines is 1. The molecule has 1 aliphatic rings. The van der Waals surface area contributed by atoms with Crippen LogP contribution in [0.4, 0.5) is 10.1 Å². The van der Waals surface area contributed by atoms with Gasteiger partial charge in [0.25, 0.3) is 5.89 Å². The number of nitrogens with zero attached hydrogens (tertiary/aromatic N) is 7. The first-order valence-corrected chi connectivity index (χ1v) is 10.2. The van der Waals surface area contributed by atoms with E-state index in [9.17, 15) is 9.18 Å². The number of hydrogen-bond donors (Lipinski definition) is 0. The van der Waals surface area contributed by atoms with Crippen LogP contribution in [0.1, 0.15) is 0 Å². The van der Waals surface area contributed by atoms with Gasteiger partial charge in [-0.2, -0.15) is 4.98 Å². The number of halogens is 1. The number of para-hydroxylation sites is 1. The van der Waals surface area contributed by atoms with E-state index in [4.69, 9.17) is 4.52 Å². The topological polar surface area (TPSA) is 93.2 Å². The number of benzene rings is 1. The zero-order valence-electron chi connectivity index (χ0n) is 17.1. The highest BCUT2D eigenvalue weighted by Crippen LogP contribution is 2.21. The lowest BCUT2D eigenvalue weighted by Crippen LogP contribution is -2.49. The molecule has 1 amide bonds. The van der Waals surface area contributed by atoms with Gasteiger partial charge in [-0.25, -0.2) is 9.37 Å². The van der Waals surface area contributed by atoms with E-state index < -0.39 is 0 Å². The second kappa shape index (κ2) is 8.58. The highest BCUT2D eigenvalue weighted by atomic mass is 19.1. The Labute approximate surface area is 183 Å². The van der Waals surface area contributed by atoms with E-state index in [-0.39, 0.29) is 18.3 Å². The van der Waals surface area contributed by atoms with Gasteiger partial charge in [0.2, 0.25) is 11.7 Å². The van der Waals surface area contributed by atoms with Crippen molar-refractivity contribution < 1.29 is 13.7 Å². The van der Waals surface area contributed by atoms with E-state index in [2.05, 4.69) is 20.1 Å². The fourth-order valence-electron chi connectivity index (χ4n) is 3.66. The monoisotopic (exact) mass is 433 g/mol. The molecule has 5 rings (SSSR count). The number of aromatic nitrogens is 5. The van der Waals surface area contributed by atoms with Crippen LogP contribution in [0, 0.1) is 5.82 Å². The van der Waals surface area contributed by atoms with E-state index >= 15 is 0 Å². The third-order valence-electron chi connectivity index (χ3n) is 5.34. The summed E-state index contributed by atoms with van der Waals surface area (Å²) in [5, 5.41) is 3.97. The molecule has 1 saturated heterocycles. The Hall–Kier alpha value is -4.08. The molecule has 0 saturated carbocycles. The molecule has 0 unspecified atom stereocenters. The quantitative estimate of drug-likeness (QED) is 0.477. The summed E-state index contributed by atoms with van der Waals surface area (Å²) >= 11 is 0. The molecule has 32 heavy (non-hydrogen) atoms. The molecule has 9 nitrogen and oxygen atoms in total. The molecule has 0 radical (unpaired) electrons. The van der Waals surface area contributed by atoms with Crippen molar-refractivity contribution in [1.29, 1.82) is 0 Å². The van der Waals surface area contributed by atoms with Crippen LogP contribution in [0.5, 0.6) is 0 Å². The van der Waals surface area contributed by atoms with Crippen molar-refractivity contribution in [3.8, 4) is 23.0 Å². The zero-order valence-corrected chi connectivity index (χ0v) is 17.1. The van der Waals surface area contributed by atoms with Gasteiger partial charge in [-0.3, -0.25) is 9.78 Å². The number of carbonyl (C=O) groups excluding carboxylic acids is 1. The van der Waals surface area contributed by atoms with Crippen LogP contribution in [0.15, 0.2) is 65.8 Å². The fourth-order valence-corrected chi connectivity index (χ4v) is 3.66. The molecule has 4 heterocycles. The number of pyridine rings is 1. The molecule has 0 bridgehead atoms. The molecule has 1 fully saturated rings. The summed E-state index contributed by atoms with van der Waals surface area (Å²) in [7, 11) is 0. The highest BCUT2D eigenvalue weighted by Gasteiger charge is 2.23. The lowest BCUT2D eigenvalue weighted by atomic mass is 10.2. The minimum atomic E-state index is -0.244. The summed E-state index contributed by atoms with van der Waals surface area (Å²) in [6.45, 7) is 2.39. The van der Waals surface area contributed by atoms with E-state index in [1.165, 1.54) is 6.07 Å². The highest BCUT2D eigenvalue weighted by molar-refractivity contribution is 5.76. The minimum Gasteiger partial charge on any atom is -0.366 e. The van der Waals surface area contributed by atoms with Gasteiger partial charge in [-0.05, 0) is 24.3 Å². The molecular formula is C22H20FN7O2. The zero-order chi connectivity index (χ0) is 21.9. The van der Waals surface area contributed by atoms with Gasteiger partial charge in [0.15, 0.2) is 0 Å². The molecule has 3 aromatic heterocycles. The summed E-state index contributed by atoms with van der Waals surface area (Å²) in [6, 6.07) is 10.3. The average molecular weight is 433 g/mol. The number of amides is 1. The Morgan fingerprint density at radius 1 is 1.09 bits per heavy atom. The Balaban J connectivity index is 1.20. The smallest absolute Gasteiger partial charge is 0.259 e. The van der Waals surface area contributed by atoms with Gasteiger partial charge in [0.1, 0.15) is 18.1 Å². The molecule has 0 atom stereocenters. The first-order valence-electron chi connectivity index (χ1n) is 10.2. The number of carbonyl (C=O) groups is 1. The predicted octanol–water partition coefficient (Wildman–Crippen LogP) is 2.48. The second-order valence-corrected chi connectivity index (χ2v) is 7.42. The molecule has 0 aliphatic carbocycles. The van der Waals surface area contributed by atoms with Gasteiger partial charge in [0, 0.05) is 44.8 Å². The summed E-state index contributed by atoms with van der Waals surface area (Å²) < 4.78 is 21.0. The maximum absolute atomic E-state index is 14.0. The van der Waals surface area contributed by atoms with Crippen LogP contribution in [0.25, 0.3) is 23.0 Å². The van der Waals surface area contributed by atoms with Crippen LogP contribution in [-0.4, -0.2) is 61.7 Å². The Morgan fingerprint density at radius 2 is 1.94 bits per heavy atom. The first kappa shape index (κ1) is 19.9. The normalized spacial score (nSPS) is 14.0. The van der Waals surface area contributed by atoms with Crippen molar-refractivity contribution in [2.24, 2.45) is 0 Å². The molecule has 1 aliphatic heterocycles. The maximum Gasteiger partial charge on any atom is 0.259 e. The standard InChI is InChI=1S/C22H20FN7O2/c23-17-5-1-2-6-19(17)29-8-10-30(11-9-29)20(31)14-28-13-18(25-15-28)21-26-22(32-27-21)16-4-3-7-24-12-16/h1-7,12-13,15H,8-11,14H2. The van der Waals surface area contributed by atoms with Crippen LogP contribution in [0.3, 0.4) is 0 Å². The molecule has 0 spiro atoms. The predicted molar refractivity (Wildman–Crippen MR) is 114 cm³/mol. The third-order valence-corrected chi connectivity index (χ3v) is 5.34. The van der Waals surface area contributed by atoms with Crippen molar-refractivity contribution in [2.45, 2.75) is 6.54 Å². The summed E-state index contributed by atoms with van der Waals surface area (Å²) in [6.07, 6.45) is 6.59. The van der Waals surface area contributed by atoms with Crippen molar-refractivity contribution in [3.05, 3.63) is 67.1 Å². The van der Waals surface area contributed by atoms with Gasteiger partial charge >= 0.3 is 0 Å². The van der Waals surface area contributed by atoms with Gasteiger partial charge < -0.3 is 18.9 Å². The second-order valence-electron chi connectivity index (χ2n) is 7.42. The van der Waals surface area contributed by atoms with Crippen molar-refractivity contribution in [2.75, 3.05) is 31.1 Å². The number of rotatable bonds is 5. The van der Waals surface area contributed by atoms with E-state index in [1.807, 2.05) is 17.0 Å². The van der Waals surface area contributed by atoms with E-state index in [1.54, 1.807) is 52.6 Å². The third kappa shape index (κ3) is 4.07. The molecule has 0 N–H and O–H groups in total. The van der Waals surface area contributed by atoms with Crippen molar-refractivity contribution >= 4 is 11.6 Å². The van der Waals surface area contributed by atoms with Crippen LogP contribution >= 0.6 is 0 Å². The van der Waals surface area contributed by atoms with Gasteiger partial charge in [0.05, 0.1) is 17.6 Å². The maximum atomic E-state index is 14.0. The Morgan fingerprint density at radius 3 is 2.72 bits per heavy atom. The fraction of sp³-hybridized carbons (Fsp3) is 0.227. The average Bonchev–Trinajstić information content (AvgIpc) is 3.50. The number of piperazine rings is 1.